The molecule has 0 saturated carbocycles. The fraction of sp³-hybridized carbons (Fsp3) is 0.250. The fourth-order valence-corrected chi connectivity index (χ4v) is 7.05. The third kappa shape index (κ3) is 3.32. The van der Waals surface area contributed by atoms with Crippen LogP contribution in [0.15, 0.2) is 59.5 Å². The molecule has 2 aliphatic heterocycles. The number of aromatic nitrogens is 4. The number of rotatable bonds is 3. The van der Waals surface area contributed by atoms with Crippen LogP contribution in [0.25, 0.3) is 58.7 Å². The van der Waals surface area contributed by atoms with Gasteiger partial charge in [-0.25, -0.2) is 9.97 Å². The highest BCUT2D eigenvalue weighted by Crippen LogP contribution is 2.48. The first-order valence-electron chi connectivity index (χ1n) is 13.5. The Morgan fingerprint density at radius 3 is 2.56 bits per heavy atom. The molecule has 39 heavy (non-hydrogen) atoms. The van der Waals surface area contributed by atoms with Gasteiger partial charge < -0.3 is 4.74 Å². The molecule has 8 rings (SSSR count). The van der Waals surface area contributed by atoms with Gasteiger partial charge in [0.25, 0.3) is 0 Å². The maximum absolute atomic E-state index is 6.34. The number of hydrogen-bond acceptors (Lipinski definition) is 6. The van der Waals surface area contributed by atoms with Crippen molar-refractivity contribution in [2.45, 2.75) is 40.0 Å². The van der Waals surface area contributed by atoms with Crippen molar-refractivity contribution in [2.75, 3.05) is 6.61 Å². The van der Waals surface area contributed by atoms with Gasteiger partial charge in [-0.3, -0.25) is 10.1 Å². The molecule has 3 aromatic carbocycles. The quantitative estimate of drug-likeness (QED) is 0.234. The van der Waals surface area contributed by atoms with E-state index in [0.717, 1.165) is 56.3 Å². The number of imidazole rings is 1. The molecule has 0 radical (unpaired) electrons. The van der Waals surface area contributed by atoms with Gasteiger partial charge in [-0.1, -0.05) is 52.0 Å². The summed E-state index contributed by atoms with van der Waals surface area (Å²) in [5.41, 5.74) is 7.93. The standard InChI is InChI=1S/C32H27N5OS/c1-15(2)25-11-22-20-8-6-18-10-27(39-31(18)30(20)38-14-26(22)35-25)17-5-7-19-21(9-17)23-12-33-34-13-24(23)29-28(19)36-32(37-29)16(3)4/h5-10,12-13,15-16,33H,11,14H2,1-4H3. The Labute approximate surface area is 229 Å². The van der Waals surface area contributed by atoms with Crippen LogP contribution in [0.2, 0.25) is 0 Å². The summed E-state index contributed by atoms with van der Waals surface area (Å²) in [6.45, 7) is 9.24. The molecule has 6 nitrogen and oxygen atoms in total. The van der Waals surface area contributed by atoms with E-state index in [1.165, 1.54) is 37.4 Å². The van der Waals surface area contributed by atoms with Crippen LogP contribution in [-0.2, 0) is 0 Å². The van der Waals surface area contributed by atoms with Crippen LogP contribution in [0.3, 0.4) is 0 Å². The smallest absolute Gasteiger partial charge is 0.145 e. The highest BCUT2D eigenvalue weighted by Gasteiger charge is 2.29. The van der Waals surface area contributed by atoms with Crippen molar-refractivity contribution >= 4 is 65.3 Å². The molecule has 0 aliphatic carbocycles. The van der Waals surface area contributed by atoms with Crippen molar-refractivity contribution in [3.05, 3.63) is 65.9 Å². The van der Waals surface area contributed by atoms with Gasteiger partial charge in [0.15, 0.2) is 0 Å². The molecular weight excluding hydrogens is 502 g/mol. The summed E-state index contributed by atoms with van der Waals surface area (Å²) in [4.78, 5) is 15.9. The zero-order valence-electron chi connectivity index (χ0n) is 22.3. The Hall–Kier alpha value is -4.10. The van der Waals surface area contributed by atoms with Crippen molar-refractivity contribution in [3.63, 3.8) is 0 Å². The number of ether oxygens (including phenoxy) is 1. The van der Waals surface area contributed by atoms with E-state index >= 15 is 0 Å². The monoisotopic (exact) mass is 529 g/mol. The summed E-state index contributed by atoms with van der Waals surface area (Å²) in [6.07, 6.45) is 4.76. The minimum atomic E-state index is 0.260. The minimum Gasteiger partial charge on any atom is -0.485 e. The van der Waals surface area contributed by atoms with E-state index in [-0.39, 0.29) is 5.92 Å². The third-order valence-corrected chi connectivity index (χ3v) is 9.23. The molecule has 1 N–H and O–H groups in total. The normalized spacial score (nSPS) is 15.2. The predicted molar refractivity (Wildman–Crippen MR) is 161 cm³/mol. The Kier molecular flexibility index (Phi) is 4.80. The number of thiophene rings is 1. The van der Waals surface area contributed by atoms with Crippen LogP contribution < -0.4 is 4.74 Å². The minimum absolute atomic E-state index is 0.260. The molecule has 2 aliphatic rings. The summed E-state index contributed by atoms with van der Waals surface area (Å²) in [5.74, 6) is 2.59. The van der Waals surface area contributed by atoms with Crippen LogP contribution in [-0.4, -0.2) is 32.5 Å². The van der Waals surface area contributed by atoms with E-state index in [2.05, 4.69) is 74.3 Å². The van der Waals surface area contributed by atoms with Crippen molar-refractivity contribution < 1.29 is 4.74 Å². The van der Waals surface area contributed by atoms with Gasteiger partial charge in [-0.15, -0.1) is 11.3 Å². The summed E-state index contributed by atoms with van der Waals surface area (Å²) in [7, 11) is 0. The molecule has 0 saturated heterocycles. The number of fused-ring (bicyclic) bond motifs is 10. The lowest BCUT2D eigenvalue weighted by Crippen LogP contribution is -2.08. The summed E-state index contributed by atoms with van der Waals surface area (Å²) >= 11 is 1.80. The van der Waals surface area contributed by atoms with Gasteiger partial charge in [0.1, 0.15) is 23.7 Å². The fourth-order valence-electron chi connectivity index (χ4n) is 5.89. The van der Waals surface area contributed by atoms with Crippen molar-refractivity contribution in [2.24, 2.45) is 10.9 Å². The van der Waals surface area contributed by atoms with Gasteiger partial charge in [0.05, 0.1) is 22.1 Å². The summed E-state index contributed by atoms with van der Waals surface area (Å²) < 4.78 is 7.55. The van der Waals surface area contributed by atoms with Crippen molar-refractivity contribution in [1.82, 2.24) is 20.2 Å². The number of nitrogens with zero attached hydrogens (tertiary/aromatic N) is 4. The molecule has 0 atom stereocenters. The average molecular weight is 530 g/mol. The topological polar surface area (TPSA) is 76.0 Å². The van der Waals surface area contributed by atoms with Crippen LogP contribution in [0.5, 0.6) is 5.75 Å². The van der Waals surface area contributed by atoms with Crippen LogP contribution in [0, 0.1) is 5.92 Å². The van der Waals surface area contributed by atoms with E-state index in [1.54, 1.807) is 11.3 Å². The Morgan fingerprint density at radius 1 is 0.897 bits per heavy atom. The van der Waals surface area contributed by atoms with Gasteiger partial charge in [0.2, 0.25) is 0 Å². The Balaban J connectivity index is 1.29. The molecule has 5 heterocycles. The van der Waals surface area contributed by atoms with Crippen LogP contribution in [0.4, 0.5) is 0 Å². The lowest BCUT2D eigenvalue weighted by Gasteiger charge is -2.19. The van der Waals surface area contributed by atoms with E-state index in [0.29, 0.717) is 12.5 Å². The van der Waals surface area contributed by atoms with Gasteiger partial charge >= 0.3 is 0 Å². The van der Waals surface area contributed by atoms with Crippen molar-refractivity contribution in [1.29, 1.82) is 0 Å². The lowest BCUT2D eigenvalue weighted by molar-refractivity contribution is 0.350. The summed E-state index contributed by atoms with van der Waals surface area (Å²) in [6, 6.07) is 13.4. The third-order valence-electron chi connectivity index (χ3n) is 8.04. The molecule has 0 fully saturated rings. The second-order valence-corrected chi connectivity index (χ2v) is 12.2. The second-order valence-electron chi connectivity index (χ2n) is 11.2. The van der Waals surface area contributed by atoms with E-state index in [9.17, 15) is 0 Å². The number of allylic oxidation sites excluding steroid dienone is 1. The maximum atomic E-state index is 6.34. The largest absolute Gasteiger partial charge is 0.485 e. The molecule has 0 unspecified atom stereocenters. The first kappa shape index (κ1) is 22.8. The van der Waals surface area contributed by atoms with E-state index in [4.69, 9.17) is 19.7 Å². The number of benzene rings is 3. The lowest BCUT2D eigenvalue weighted by atomic mass is 9.94. The number of H-pyrrole nitrogens is 1. The molecule has 0 spiro atoms. The molecule has 7 heteroatoms. The summed E-state index contributed by atoms with van der Waals surface area (Å²) in [5, 5.41) is 12.9. The van der Waals surface area contributed by atoms with Crippen molar-refractivity contribution in [3.8, 4) is 16.2 Å². The molecule has 6 aromatic rings. The average Bonchev–Trinajstić information content (AvgIpc) is 3.69. The molecule has 3 aromatic heterocycles. The van der Waals surface area contributed by atoms with Crippen LogP contribution in [0.1, 0.15) is 51.4 Å². The van der Waals surface area contributed by atoms with Gasteiger partial charge in [-0.2, -0.15) is 5.10 Å². The zero-order valence-corrected chi connectivity index (χ0v) is 23.1. The van der Waals surface area contributed by atoms with E-state index < -0.39 is 0 Å². The molecule has 192 valence electrons. The Bertz CT molecular complexity index is 2060. The maximum Gasteiger partial charge on any atom is 0.145 e. The predicted octanol–water partition coefficient (Wildman–Crippen LogP) is 8.27. The zero-order chi connectivity index (χ0) is 26.4. The number of nitrogens with one attached hydrogen (secondary N) is 1. The Morgan fingerprint density at radius 2 is 1.74 bits per heavy atom. The number of aromatic amines is 1. The second kappa shape index (κ2) is 8.20. The molecule has 0 bridgehead atoms. The number of aliphatic imine (C=N–C) groups is 1. The first-order valence-corrected chi connectivity index (χ1v) is 14.3. The SMILES string of the molecule is CC(C)C1=NC2=C(C1)c1ccc3cc(-c4ccc5c(c4)c4c[nH]ncc4c4nc(C(C)C)nc54)sc3c1OC2. The van der Waals surface area contributed by atoms with Gasteiger partial charge in [-0.05, 0) is 40.0 Å². The molecular formula is C32H27N5OS. The molecule has 0 amide bonds. The van der Waals surface area contributed by atoms with Crippen LogP contribution >= 0.6 is 11.3 Å². The first-order chi connectivity index (χ1) is 19.0. The highest BCUT2D eigenvalue weighted by molar-refractivity contribution is 7.22. The highest BCUT2D eigenvalue weighted by atomic mass is 32.1. The van der Waals surface area contributed by atoms with E-state index in [1.807, 2.05) is 12.4 Å². The van der Waals surface area contributed by atoms with Gasteiger partial charge in [0, 0.05) is 50.8 Å². The number of hydrogen-bond donors (Lipinski definition) is 1.